The normalized spacial score (nSPS) is 12.0. The SMILES string of the molecule is CC[C@@H](O)c1ccc(Oc2cc(C)ccc2[N+](=O)[O-])cn1. The highest BCUT2D eigenvalue weighted by Crippen LogP contribution is 2.32. The van der Waals surface area contributed by atoms with Gasteiger partial charge >= 0.3 is 5.69 Å². The van der Waals surface area contributed by atoms with Gasteiger partial charge in [-0.3, -0.25) is 15.1 Å². The molecular weight excluding hydrogens is 272 g/mol. The van der Waals surface area contributed by atoms with Crippen LogP contribution in [0.15, 0.2) is 36.5 Å². The first-order valence-electron chi connectivity index (χ1n) is 6.58. The molecule has 0 spiro atoms. The van der Waals surface area contributed by atoms with Gasteiger partial charge in [0.05, 0.1) is 22.9 Å². The maximum Gasteiger partial charge on any atom is 0.311 e. The van der Waals surface area contributed by atoms with E-state index < -0.39 is 11.0 Å². The minimum absolute atomic E-state index is 0.0988. The van der Waals surface area contributed by atoms with Crippen molar-refractivity contribution in [2.24, 2.45) is 0 Å². The summed E-state index contributed by atoms with van der Waals surface area (Å²) in [6.07, 6.45) is 1.39. The Morgan fingerprint density at radius 1 is 1.38 bits per heavy atom. The monoisotopic (exact) mass is 288 g/mol. The third-order valence-corrected chi connectivity index (χ3v) is 3.03. The molecule has 1 atom stereocenters. The summed E-state index contributed by atoms with van der Waals surface area (Å²) in [7, 11) is 0. The number of hydrogen-bond acceptors (Lipinski definition) is 5. The zero-order chi connectivity index (χ0) is 15.4. The number of benzene rings is 1. The molecule has 0 saturated heterocycles. The molecule has 1 aromatic heterocycles. The van der Waals surface area contributed by atoms with Gasteiger partial charge < -0.3 is 9.84 Å². The Hall–Kier alpha value is -2.47. The molecule has 0 fully saturated rings. The predicted molar refractivity (Wildman–Crippen MR) is 77.4 cm³/mol. The molecule has 1 heterocycles. The van der Waals surface area contributed by atoms with Crippen molar-refractivity contribution in [3.8, 4) is 11.5 Å². The lowest BCUT2D eigenvalue weighted by atomic mass is 10.2. The Morgan fingerprint density at radius 2 is 2.14 bits per heavy atom. The van der Waals surface area contributed by atoms with Crippen LogP contribution in [0.1, 0.15) is 30.7 Å². The first kappa shape index (κ1) is 14.9. The van der Waals surface area contributed by atoms with Gasteiger partial charge in [-0.05, 0) is 37.1 Å². The van der Waals surface area contributed by atoms with Crippen LogP contribution >= 0.6 is 0 Å². The van der Waals surface area contributed by atoms with Crippen molar-refractivity contribution < 1.29 is 14.8 Å². The van der Waals surface area contributed by atoms with Crippen molar-refractivity contribution in [3.63, 3.8) is 0 Å². The average molecular weight is 288 g/mol. The lowest BCUT2D eigenvalue weighted by Crippen LogP contribution is -1.99. The van der Waals surface area contributed by atoms with Crippen LogP contribution in [0, 0.1) is 17.0 Å². The molecule has 0 aliphatic carbocycles. The Labute approximate surface area is 122 Å². The van der Waals surface area contributed by atoms with E-state index >= 15 is 0 Å². The second-order valence-corrected chi connectivity index (χ2v) is 4.67. The van der Waals surface area contributed by atoms with Crippen LogP contribution in [0.5, 0.6) is 11.5 Å². The summed E-state index contributed by atoms with van der Waals surface area (Å²) in [5.41, 5.74) is 1.31. The van der Waals surface area contributed by atoms with Crippen molar-refractivity contribution in [1.29, 1.82) is 0 Å². The fourth-order valence-corrected chi connectivity index (χ4v) is 1.84. The molecule has 0 radical (unpaired) electrons. The van der Waals surface area contributed by atoms with Gasteiger partial charge in [-0.25, -0.2) is 0 Å². The minimum atomic E-state index is -0.618. The van der Waals surface area contributed by atoms with E-state index in [9.17, 15) is 15.2 Å². The molecule has 21 heavy (non-hydrogen) atoms. The van der Waals surface area contributed by atoms with E-state index in [2.05, 4.69) is 4.98 Å². The first-order chi connectivity index (χ1) is 10.0. The van der Waals surface area contributed by atoms with E-state index in [1.807, 2.05) is 13.8 Å². The van der Waals surface area contributed by atoms with Crippen LogP contribution in [0.3, 0.4) is 0 Å². The van der Waals surface area contributed by atoms with Gasteiger partial charge in [-0.1, -0.05) is 13.0 Å². The summed E-state index contributed by atoms with van der Waals surface area (Å²) in [5, 5.41) is 20.7. The third-order valence-electron chi connectivity index (χ3n) is 3.03. The maximum absolute atomic E-state index is 11.0. The van der Waals surface area contributed by atoms with Crippen molar-refractivity contribution in [2.45, 2.75) is 26.4 Å². The number of nitro groups is 1. The molecule has 0 saturated carbocycles. The zero-order valence-corrected chi connectivity index (χ0v) is 11.8. The maximum atomic E-state index is 11.0. The molecule has 0 amide bonds. The molecule has 0 aliphatic rings. The minimum Gasteiger partial charge on any atom is -0.448 e. The first-order valence-corrected chi connectivity index (χ1v) is 6.58. The molecule has 1 N–H and O–H groups in total. The number of hydrogen-bond donors (Lipinski definition) is 1. The van der Waals surface area contributed by atoms with Gasteiger partial charge in [-0.15, -0.1) is 0 Å². The predicted octanol–water partition coefficient (Wildman–Crippen LogP) is 3.53. The molecule has 1 aromatic carbocycles. The van der Waals surface area contributed by atoms with Crippen molar-refractivity contribution >= 4 is 5.69 Å². The molecule has 6 nitrogen and oxygen atoms in total. The molecule has 0 unspecified atom stereocenters. The van der Waals surface area contributed by atoms with Gasteiger partial charge in [0.25, 0.3) is 0 Å². The highest BCUT2D eigenvalue weighted by molar-refractivity contribution is 5.50. The van der Waals surface area contributed by atoms with Gasteiger partial charge in [0.1, 0.15) is 5.75 Å². The number of aliphatic hydroxyl groups is 1. The van der Waals surface area contributed by atoms with E-state index in [1.54, 1.807) is 24.3 Å². The summed E-state index contributed by atoms with van der Waals surface area (Å²) in [5.74, 6) is 0.557. The average Bonchev–Trinajstić information content (AvgIpc) is 2.47. The summed E-state index contributed by atoms with van der Waals surface area (Å²) >= 11 is 0. The van der Waals surface area contributed by atoms with Crippen LogP contribution in [-0.2, 0) is 0 Å². The van der Waals surface area contributed by atoms with Crippen molar-refractivity contribution in [3.05, 3.63) is 57.9 Å². The Kier molecular flexibility index (Phi) is 4.49. The number of ether oxygens (including phenoxy) is 1. The fraction of sp³-hybridized carbons (Fsp3) is 0.267. The molecular formula is C15H16N2O4. The number of nitrogens with zero attached hydrogens (tertiary/aromatic N) is 2. The van der Waals surface area contributed by atoms with Crippen LogP contribution in [0.4, 0.5) is 5.69 Å². The fourth-order valence-electron chi connectivity index (χ4n) is 1.84. The smallest absolute Gasteiger partial charge is 0.311 e. The highest BCUT2D eigenvalue weighted by Gasteiger charge is 2.16. The van der Waals surface area contributed by atoms with E-state index in [-0.39, 0.29) is 11.4 Å². The summed E-state index contributed by atoms with van der Waals surface area (Å²) in [4.78, 5) is 14.6. The number of pyridine rings is 1. The zero-order valence-electron chi connectivity index (χ0n) is 11.8. The number of nitro benzene ring substituents is 1. The number of rotatable bonds is 5. The molecule has 110 valence electrons. The highest BCUT2D eigenvalue weighted by atomic mass is 16.6. The molecule has 2 rings (SSSR count). The number of aliphatic hydroxyl groups excluding tert-OH is 1. The summed E-state index contributed by atoms with van der Waals surface area (Å²) in [6, 6.07) is 7.95. The van der Waals surface area contributed by atoms with E-state index in [1.165, 1.54) is 12.3 Å². The van der Waals surface area contributed by atoms with Gasteiger partial charge in [0.2, 0.25) is 5.75 Å². The number of aromatic nitrogens is 1. The van der Waals surface area contributed by atoms with Crippen LogP contribution in [0.2, 0.25) is 0 Å². The van der Waals surface area contributed by atoms with Crippen molar-refractivity contribution in [2.75, 3.05) is 0 Å². The van der Waals surface area contributed by atoms with Gasteiger partial charge in [0, 0.05) is 6.07 Å². The summed E-state index contributed by atoms with van der Waals surface area (Å²) < 4.78 is 5.53. The van der Waals surface area contributed by atoms with E-state index in [0.29, 0.717) is 17.9 Å². The quantitative estimate of drug-likeness (QED) is 0.672. The van der Waals surface area contributed by atoms with Crippen LogP contribution < -0.4 is 4.74 Å². The molecule has 0 aliphatic heterocycles. The second kappa shape index (κ2) is 6.32. The largest absolute Gasteiger partial charge is 0.448 e. The Morgan fingerprint density at radius 3 is 2.71 bits per heavy atom. The lowest BCUT2D eigenvalue weighted by molar-refractivity contribution is -0.385. The van der Waals surface area contributed by atoms with Crippen LogP contribution in [-0.4, -0.2) is 15.0 Å². The third kappa shape index (κ3) is 3.55. The topological polar surface area (TPSA) is 85.5 Å². The van der Waals surface area contributed by atoms with Crippen molar-refractivity contribution in [1.82, 2.24) is 4.98 Å². The summed E-state index contributed by atoms with van der Waals surface area (Å²) in [6.45, 7) is 3.68. The standard InChI is InChI=1S/C15H16N2O4/c1-3-14(18)12-6-5-11(9-16-12)21-15-8-10(2)4-7-13(15)17(19)20/h4-9,14,18H,3H2,1-2H3/t14-/m1/s1. The Bertz CT molecular complexity index is 641. The Balaban J connectivity index is 2.26. The van der Waals surface area contributed by atoms with Crippen LogP contribution in [0.25, 0.3) is 0 Å². The van der Waals surface area contributed by atoms with Gasteiger partial charge in [0.15, 0.2) is 0 Å². The van der Waals surface area contributed by atoms with Gasteiger partial charge in [-0.2, -0.15) is 0 Å². The number of aryl methyl sites for hydroxylation is 1. The molecule has 2 aromatic rings. The molecule has 0 bridgehead atoms. The molecule has 6 heteroatoms. The lowest BCUT2D eigenvalue weighted by Gasteiger charge is -2.09. The second-order valence-electron chi connectivity index (χ2n) is 4.67. The van der Waals surface area contributed by atoms with E-state index in [4.69, 9.17) is 4.74 Å². The van der Waals surface area contributed by atoms with E-state index in [0.717, 1.165) is 5.56 Å².